The van der Waals surface area contributed by atoms with Gasteiger partial charge in [-0.3, -0.25) is 10.7 Å². The van der Waals surface area contributed by atoms with E-state index in [9.17, 15) is 4.79 Å². The number of hydrogen-bond donors (Lipinski definition) is 2. The standard InChI is InChI=1S/C19H30N2O3S/c1-18(2,3)24-17(22)21-16(20)25-13-7-12-19(4,5)14-8-10-15(23-6)11-9-14/h8-11H,7,12-13H2,1-6H3,(H2,20,21,22). The third-order valence-electron chi connectivity index (χ3n) is 3.68. The van der Waals surface area contributed by atoms with Gasteiger partial charge < -0.3 is 9.47 Å². The second-order valence-electron chi connectivity index (χ2n) is 7.52. The Morgan fingerprint density at radius 3 is 2.28 bits per heavy atom. The summed E-state index contributed by atoms with van der Waals surface area (Å²) in [6.45, 7) is 9.81. The number of hydrogen-bond acceptors (Lipinski definition) is 5. The van der Waals surface area contributed by atoms with Crippen molar-refractivity contribution in [3.8, 4) is 5.75 Å². The predicted octanol–water partition coefficient (Wildman–Crippen LogP) is 4.95. The summed E-state index contributed by atoms with van der Waals surface area (Å²) in [7, 11) is 1.66. The number of carbonyl (C=O) groups excluding carboxylic acids is 1. The second-order valence-corrected chi connectivity index (χ2v) is 8.63. The van der Waals surface area contributed by atoms with E-state index in [1.807, 2.05) is 12.1 Å². The van der Waals surface area contributed by atoms with Crippen LogP contribution in [-0.4, -0.2) is 29.7 Å². The molecule has 0 atom stereocenters. The van der Waals surface area contributed by atoms with Crippen molar-refractivity contribution in [1.29, 1.82) is 5.41 Å². The van der Waals surface area contributed by atoms with E-state index in [1.54, 1.807) is 27.9 Å². The highest BCUT2D eigenvalue weighted by atomic mass is 32.2. The molecule has 0 radical (unpaired) electrons. The maximum absolute atomic E-state index is 11.6. The van der Waals surface area contributed by atoms with Crippen LogP contribution in [0.3, 0.4) is 0 Å². The van der Waals surface area contributed by atoms with Crippen LogP contribution in [0.5, 0.6) is 5.75 Å². The average Bonchev–Trinajstić information content (AvgIpc) is 2.49. The average molecular weight is 367 g/mol. The Hall–Kier alpha value is -1.69. The molecule has 2 N–H and O–H groups in total. The highest BCUT2D eigenvalue weighted by Crippen LogP contribution is 2.30. The minimum Gasteiger partial charge on any atom is -0.497 e. The van der Waals surface area contributed by atoms with Crippen molar-refractivity contribution in [2.75, 3.05) is 12.9 Å². The minimum absolute atomic E-state index is 0.0492. The summed E-state index contributed by atoms with van der Waals surface area (Å²) in [4.78, 5) is 11.6. The lowest BCUT2D eigenvalue weighted by Crippen LogP contribution is -2.34. The van der Waals surface area contributed by atoms with Gasteiger partial charge in [0.15, 0.2) is 5.17 Å². The normalized spacial score (nSPS) is 11.8. The second kappa shape index (κ2) is 9.13. The van der Waals surface area contributed by atoms with E-state index in [0.717, 1.165) is 24.3 Å². The largest absolute Gasteiger partial charge is 0.497 e. The molecule has 0 heterocycles. The summed E-state index contributed by atoms with van der Waals surface area (Å²) < 4.78 is 10.3. The number of amidine groups is 1. The maximum Gasteiger partial charge on any atom is 0.413 e. The molecule has 25 heavy (non-hydrogen) atoms. The van der Waals surface area contributed by atoms with E-state index < -0.39 is 11.7 Å². The molecule has 0 spiro atoms. The molecule has 5 nitrogen and oxygen atoms in total. The number of alkyl carbamates (subject to hydrolysis) is 1. The van der Waals surface area contributed by atoms with Crippen LogP contribution in [0.1, 0.15) is 53.0 Å². The number of methoxy groups -OCH3 is 1. The molecule has 0 unspecified atom stereocenters. The summed E-state index contributed by atoms with van der Waals surface area (Å²) in [5, 5.41) is 10.4. The number of ether oxygens (including phenoxy) is 2. The minimum atomic E-state index is -0.580. The number of benzene rings is 1. The maximum atomic E-state index is 11.6. The fraction of sp³-hybridized carbons (Fsp3) is 0.579. The van der Waals surface area contributed by atoms with E-state index >= 15 is 0 Å². The van der Waals surface area contributed by atoms with Crippen molar-refractivity contribution in [2.24, 2.45) is 0 Å². The van der Waals surface area contributed by atoms with Crippen LogP contribution >= 0.6 is 11.8 Å². The summed E-state index contributed by atoms with van der Waals surface area (Å²) in [5.41, 5.74) is 0.755. The third-order valence-corrected chi connectivity index (χ3v) is 4.56. The molecular formula is C19H30N2O3S. The van der Waals surface area contributed by atoms with Gasteiger partial charge in [0.2, 0.25) is 0 Å². The molecule has 0 aliphatic heterocycles. The molecule has 1 aromatic carbocycles. The van der Waals surface area contributed by atoms with Crippen LogP contribution in [-0.2, 0) is 10.2 Å². The summed E-state index contributed by atoms with van der Waals surface area (Å²) >= 11 is 1.32. The number of nitrogens with one attached hydrogen (secondary N) is 2. The Morgan fingerprint density at radius 1 is 1.16 bits per heavy atom. The molecule has 0 aromatic heterocycles. The van der Waals surface area contributed by atoms with Gasteiger partial charge in [0.1, 0.15) is 11.4 Å². The molecule has 1 amide bonds. The van der Waals surface area contributed by atoms with Gasteiger partial charge in [-0.1, -0.05) is 37.7 Å². The van der Waals surface area contributed by atoms with Gasteiger partial charge in [0, 0.05) is 5.75 Å². The van der Waals surface area contributed by atoms with Crippen molar-refractivity contribution >= 4 is 23.0 Å². The Morgan fingerprint density at radius 2 is 1.76 bits per heavy atom. The van der Waals surface area contributed by atoms with Crippen molar-refractivity contribution in [3.63, 3.8) is 0 Å². The monoisotopic (exact) mass is 366 g/mol. The van der Waals surface area contributed by atoms with Gasteiger partial charge >= 0.3 is 6.09 Å². The SMILES string of the molecule is COc1ccc(C(C)(C)CCCSC(=N)NC(=O)OC(C)(C)C)cc1. The van der Waals surface area contributed by atoms with Crippen LogP contribution in [0.25, 0.3) is 0 Å². The Kier molecular flexibility index (Phi) is 7.80. The topological polar surface area (TPSA) is 71.4 Å². The number of carbonyl (C=O) groups is 1. The van der Waals surface area contributed by atoms with Crippen LogP contribution in [0.15, 0.2) is 24.3 Å². The van der Waals surface area contributed by atoms with Crippen molar-refractivity contribution in [3.05, 3.63) is 29.8 Å². The lowest BCUT2D eigenvalue weighted by Gasteiger charge is -2.25. The molecule has 1 rings (SSSR count). The first-order chi connectivity index (χ1) is 11.5. The quantitative estimate of drug-likeness (QED) is 0.425. The first-order valence-electron chi connectivity index (χ1n) is 8.39. The van der Waals surface area contributed by atoms with E-state index in [4.69, 9.17) is 14.9 Å². The molecule has 6 heteroatoms. The third kappa shape index (κ3) is 8.29. The van der Waals surface area contributed by atoms with Gasteiger partial charge in [-0.25, -0.2) is 4.79 Å². The van der Waals surface area contributed by atoms with E-state index in [2.05, 4.69) is 31.3 Å². The van der Waals surface area contributed by atoms with Gasteiger partial charge in [-0.05, 0) is 56.7 Å². The zero-order chi connectivity index (χ0) is 19.1. The molecule has 0 saturated heterocycles. The number of thioether (sulfide) groups is 1. The fourth-order valence-electron chi connectivity index (χ4n) is 2.31. The molecule has 0 fully saturated rings. The summed E-state index contributed by atoms with van der Waals surface area (Å²) in [6, 6.07) is 8.15. The van der Waals surface area contributed by atoms with Gasteiger partial charge in [-0.15, -0.1) is 0 Å². The van der Waals surface area contributed by atoms with Crippen LogP contribution in [0.4, 0.5) is 4.79 Å². The summed E-state index contributed by atoms with van der Waals surface area (Å²) in [6.07, 6.45) is 1.36. The van der Waals surface area contributed by atoms with Crippen molar-refractivity contribution in [1.82, 2.24) is 5.32 Å². The van der Waals surface area contributed by atoms with Crippen molar-refractivity contribution < 1.29 is 14.3 Å². The molecule has 0 saturated carbocycles. The van der Waals surface area contributed by atoms with Gasteiger partial charge in [0.05, 0.1) is 7.11 Å². The van der Waals surface area contributed by atoms with Crippen molar-refractivity contribution in [2.45, 2.75) is 58.5 Å². The molecule has 0 bridgehead atoms. The molecule has 140 valence electrons. The Bertz CT molecular complexity index is 577. The van der Waals surface area contributed by atoms with Gasteiger partial charge in [-0.2, -0.15) is 0 Å². The highest BCUT2D eigenvalue weighted by molar-refractivity contribution is 8.13. The number of amides is 1. The Balaban J connectivity index is 2.35. The molecule has 0 aliphatic carbocycles. The smallest absolute Gasteiger partial charge is 0.413 e. The van der Waals surface area contributed by atoms with Crippen LogP contribution in [0.2, 0.25) is 0 Å². The number of rotatable bonds is 6. The first kappa shape index (κ1) is 21.4. The lowest BCUT2D eigenvalue weighted by atomic mass is 9.81. The Labute approximate surface area is 155 Å². The zero-order valence-electron chi connectivity index (χ0n) is 16.1. The lowest BCUT2D eigenvalue weighted by molar-refractivity contribution is 0.0564. The molecular weight excluding hydrogens is 336 g/mol. The predicted molar refractivity (Wildman–Crippen MR) is 105 cm³/mol. The fourth-order valence-corrected chi connectivity index (χ4v) is 2.96. The van der Waals surface area contributed by atoms with E-state index in [1.165, 1.54) is 17.3 Å². The first-order valence-corrected chi connectivity index (χ1v) is 9.38. The van der Waals surface area contributed by atoms with E-state index in [0.29, 0.717) is 0 Å². The van der Waals surface area contributed by atoms with E-state index in [-0.39, 0.29) is 10.6 Å². The summed E-state index contributed by atoms with van der Waals surface area (Å²) in [5.74, 6) is 1.63. The molecule has 1 aromatic rings. The zero-order valence-corrected chi connectivity index (χ0v) is 16.9. The van der Waals surface area contributed by atoms with Crippen LogP contribution in [0, 0.1) is 5.41 Å². The van der Waals surface area contributed by atoms with Crippen LogP contribution < -0.4 is 10.1 Å². The molecule has 0 aliphatic rings. The van der Waals surface area contributed by atoms with Gasteiger partial charge in [0.25, 0.3) is 0 Å². The highest BCUT2D eigenvalue weighted by Gasteiger charge is 2.20.